The maximum absolute atomic E-state index is 15.1. The molecule has 1 aliphatic carbocycles. The highest BCUT2D eigenvalue weighted by atomic mass is 35.5. The second-order valence-electron chi connectivity index (χ2n) is 10.6. The van der Waals surface area contributed by atoms with Crippen LogP contribution in [0.1, 0.15) is 43.2 Å². The first-order chi connectivity index (χ1) is 18.2. The SMILES string of the molecule is COCCCC[C@](O)(c1cccc(Cl)c1-c1cc(C)ccc1F)[C@H]1CN(C(=O)C2C[C@@H](N)[C@@H](O)C2)CCO1. The largest absolute Gasteiger partial charge is 0.391 e. The predicted octanol–water partition coefficient (Wildman–Crippen LogP) is 3.78. The second kappa shape index (κ2) is 12.4. The monoisotopic (exact) mass is 548 g/mol. The summed E-state index contributed by atoms with van der Waals surface area (Å²) in [6, 6.07) is 9.56. The third kappa shape index (κ3) is 6.06. The van der Waals surface area contributed by atoms with E-state index in [0.29, 0.717) is 67.0 Å². The second-order valence-corrected chi connectivity index (χ2v) is 11.0. The maximum Gasteiger partial charge on any atom is 0.226 e. The molecule has 1 amide bonds. The van der Waals surface area contributed by atoms with Gasteiger partial charge in [-0.15, -0.1) is 0 Å². The van der Waals surface area contributed by atoms with Gasteiger partial charge >= 0.3 is 0 Å². The van der Waals surface area contributed by atoms with Gasteiger partial charge in [-0.1, -0.05) is 35.4 Å². The Bertz CT molecular complexity index is 1120. The van der Waals surface area contributed by atoms with Gasteiger partial charge in [0.05, 0.1) is 19.3 Å². The molecule has 0 spiro atoms. The van der Waals surface area contributed by atoms with Crippen molar-refractivity contribution in [3.63, 3.8) is 0 Å². The fourth-order valence-corrected chi connectivity index (χ4v) is 6.02. The third-order valence-electron chi connectivity index (χ3n) is 7.86. The van der Waals surface area contributed by atoms with E-state index in [1.807, 2.05) is 6.92 Å². The van der Waals surface area contributed by atoms with Crippen LogP contribution in [0.3, 0.4) is 0 Å². The lowest BCUT2D eigenvalue weighted by Gasteiger charge is -2.44. The van der Waals surface area contributed by atoms with E-state index in [1.54, 1.807) is 42.3 Å². The van der Waals surface area contributed by atoms with Crippen LogP contribution in [0.5, 0.6) is 0 Å². The zero-order valence-electron chi connectivity index (χ0n) is 22.0. The Morgan fingerprint density at radius 2 is 2.08 bits per heavy atom. The number of halogens is 2. The Kier molecular flexibility index (Phi) is 9.44. The minimum Gasteiger partial charge on any atom is -0.391 e. The number of morpholine rings is 1. The zero-order chi connectivity index (χ0) is 27.4. The number of ether oxygens (including phenoxy) is 2. The Hall–Kier alpha value is -2.07. The van der Waals surface area contributed by atoms with Crippen LogP contribution in [0.4, 0.5) is 4.39 Å². The molecule has 4 rings (SSSR count). The minimum absolute atomic E-state index is 0.0944. The summed E-state index contributed by atoms with van der Waals surface area (Å²) in [6.45, 7) is 3.18. The topological polar surface area (TPSA) is 105 Å². The molecular formula is C29H38ClFN2O5. The van der Waals surface area contributed by atoms with Gasteiger partial charge in [-0.3, -0.25) is 4.79 Å². The number of nitrogens with zero attached hydrogens (tertiary/aromatic N) is 1. The summed E-state index contributed by atoms with van der Waals surface area (Å²) in [4.78, 5) is 15.1. The zero-order valence-corrected chi connectivity index (χ0v) is 22.8. The fourth-order valence-electron chi connectivity index (χ4n) is 5.75. The number of aryl methyl sites for hydroxylation is 1. The average Bonchev–Trinajstić information content (AvgIpc) is 3.25. The number of benzene rings is 2. The lowest BCUT2D eigenvalue weighted by molar-refractivity contribution is -0.167. The number of aliphatic hydroxyl groups is 2. The van der Waals surface area contributed by atoms with Crippen LogP contribution in [0.2, 0.25) is 5.02 Å². The van der Waals surface area contributed by atoms with Crippen LogP contribution >= 0.6 is 11.6 Å². The quantitative estimate of drug-likeness (QED) is 0.412. The van der Waals surface area contributed by atoms with Gasteiger partial charge < -0.3 is 30.3 Å². The Morgan fingerprint density at radius 3 is 2.79 bits per heavy atom. The van der Waals surface area contributed by atoms with Gasteiger partial charge in [0, 0.05) is 48.4 Å². The van der Waals surface area contributed by atoms with Crippen molar-refractivity contribution >= 4 is 17.5 Å². The van der Waals surface area contributed by atoms with Crippen molar-refractivity contribution in [2.75, 3.05) is 33.4 Å². The first-order valence-electron chi connectivity index (χ1n) is 13.3. The molecule has 2 aromatic carbocycles. The van der Waals surface area contributed by atoms with E-state index in [-0.39, 0.29) is 25.0 Å². The minimum atomic E-state index is -1.56. The van der Waals surface area contributed by atoms with Crippen molar-refractivity contribution in [3.8, 4) is 11.1 Å². The molecule has 1 aliphatic heterocycles. The molecular weight excluding hydrogens is 511 g/mol. The van der Waals surface area contributed by atoms with Crippen LogP contribution in [0, 0.1) is 18.7 Å². The molecule has 1 heterocycles. The molecule has 1 saturated heterocycles. The molecule has 1 unspecified atom stereocenters. The van der Waals surface area contributed by atoms with E-state index >= 15 is 4.39 Å². The van der Waals surface area contributed by atoms with Gasteiger partial charge in [0.2, 0.25) is 5.91 Å². The van der Waals surface area contributed by atoms with Gasteiger partial charge in [0.15, 0.2) is 0 Å². The van der Waals surface area contributed by atoms with E-state index < -0.39 is 29.7 Å². The molecule has 1 saturated carbocycles. The smallest absolute Gasteiger partial charge is 0.226 e. The average molecular weight is 549 g/mol. The summed E-state index contributed by atoms with van der Waals surface area (Å²) in [7, 11) is 1.63. The number of methoxy groups -OCH3 is 1. The summed E-state index contributed by atoms with van der Waals surface area (Å²) in [5, 5.41) is 22.8. The number of carbonyl (C=O) groups excluding carboxylic acids is 1. The Labute approximate surface area is 228 Å². The van der Waals surface area contributed by atoms with Crippen LogP contribution in [-0.2, 0) is 19.9 Å². The number of hydrogen-bond donors (Lipinski definition) is 3. The van der Waals surface area contributed by atoms with Crippen molar-refractivity contribution in [1.82, 2.24) is 4.90 Å². The molecule has 4 N–H and O–H groups in total. The number of amides is 1. The van der Waals surface area contributed by atoms with Crippen molar-refractivity contribution in [1.29, 1.82) is 0 Å². The summed E-state index contributed by atoms with van der Waals surface area (Å²) in [5.41, 5.74) is 6.44. The molecule has 2 fully saturated rings. The Balaban J connectivity index is 1.71. The number of hydrogen-bond acceptors (Lipinski definition) is 6. The van der Waals surface area contributed by atoms with E-state index in [2.05, 4.69) is 0 Å². The number of nitrogens with two attached hydrogens (primary N) is 1. The highest BCUT2D eigenvalue weighted by Gasteiger charge is 2.46. The highest BCUT2D eigenvalue weighted by Crippen LogP contribution is 2.44. The molecule has 7 nitrogen and oxygen atoms in total. The highest BCUT2D eigenvalue weighted by molar-refractivity contribution is 6.33. The molecule has 2 aliphatic rings. The lowest BCUT2D eigenvalue weighted by Crippen LogP contribution is -2.55. The maximum atomic E-state index is 15.1. The first-order valence-corrected chi connectivity index (χ1v) is 13.6. The summed E-state index contributed by atoms with van der Waals surface area (Å²) in [6.07, 6.45) is 0.911. The molecule has 208 valence electrons. The van der Waals surface area contributed by atoms with Crippen molar-refractivity contribution in [2.24, 2.45) is 11.7 Å². The number of aliphatic hydroxyl groups excluding tert-OH is 1. The summed E-state index contributed by atoms with van der Waals surface area (Å²) >= 11 is 6.67. The molecule has 38 heavy (non-hydrogen) atoms. The number of carbonyl (C=O) groups is 1. The predicted molar refractivity (Wildman–Crippen MR) is 144 cm³/mol. The van der Waals surface area contributed by atoms with Gasteiger partial charge in [0.1, 0.15) is 17.5 Å². The van der Waals surface area contributed by atoms with Gasteiger partial charge in [-0.25, -0.2) is 4.39 Å². The summed E-state index contributed by atoms with van der Waals surface area (Å²) in [5.74, 6) is -0.899. The van der Waals surface area contributed by atoms with Crippen molar-refractivity contribution in [3.05, 3.63) is 58.4 Å². The van der Waals surface area contributed by atoms with Gasteiger partial charge in [-0.05, 0) is 62.8 Å². The Morgan fingerprint density at radius 1 is 1.29 bits per heavy atom. The molecule has 0 radical (unpaired) electrons. The molecule has 9 heteroatoms. The van der Waals surface area contributed by atoms with E-state index in [0.717, 1.165) is 5.56 Å². The van der Waals surface area contributed by atoms with Crippen LogP contribution in [0.25, 0.3) is 11.1 Å². The van der Waals surface area contributed by atoms with Crippen LogP contribution in [0.15, 0.2) is 36.4 Å². The van der Waals surface area contributed by atoms with Crippen molar-refractivity contribution in [2.45, 2.75) is 62.9 Å². The summed E-state index contributed by atoms with van der Waals surface area (Å²) < 4.78 is 26.5. The van der Waals surface area contributed by atoms with E-state index in [4.69, 9.17) is 26.8 Å². The molecule has 2 aromatic rings. The van der Waals surface area contributed by atoms with Crippen LogP contribution < -0.4 is 5.73 Å². The fraction of sp³-hybridized carbons (Fsp3) is 0.552. The van der Waals surface area contributed by atoms with Crippen LogP contribution in [-0.4, -0.2) is 72.7 Å². The molecule has 5 atom stereocenters. The van der Waals surface area contributed by atoms with Crippen molar-refractivity contribution < 1.29 is 28.9 Å². The van der Waals surface area contributed by atoms with Gasteiger partial charge in [-0.2, -0.15) is 0 Å². The third-order valence-corrected chi connectivity index (χ3v) is 8.18. The lowest BCUT2D eigenvalue weighted by atomic mass is 9.78. The van der Waals surface area contributed by atoms with Gasteiger partial charge in [0.25, 0.3) is 0 Å². The normalized spacial score (nSPS) is 25.4. The van der Waals surface area contributed by atoms with E-state index in [9.17, 15) is 15.0 Å². The number of rotatable bonds is 9. The standard InChI is InChI=1S/C29H38ClFN2O5/c1-18-8-9-23(31)20(14-18)27-21(6-5-7-22(27)30)29(36,10-3-4-12-37-2)26-17-33(11-13-38-26)28(35)19-15-24(32)25(34)16-19/h5-9,14,19,24-26,34,36H,3-4,10-13,15-17,32H2,1-2H3/t19?,24-,25+,26-,29+/m1/s1. The number of unbranched alkanes of at least 4 members (excludes halogenated alkanes) is 1. The molecule has 0 aromatic heterocycles. The van der Waals surface area contributed by atoms with E-state index in [1.165, 1.54) is 6.07 Å². The molecule has 0 bridgehead atoms. The first kappa shape index (κ1) is 28.9.